The van der Waals surface area contributed by atoms with Gasteiger partial charge in [-0.15, -0.1) is 11.3 Å². The van der Waals surface area contributed by atoms with E-state index in [0.717, 1.165) is 25.4 Å². The number of alkyl halides is 1. The summed E-state index contributed by atoms with van der Waals surface area (Å²) in [6.07, 6.45) is 0. The monoisotopic (exact) mass is 321 g/mol. The van der Waals surface area contributed by atoms with Crippen molar-refractivity contribution in [3.8, 4) is 10.6 Å². The topological polar surface area (TPSA) is 26.0 Å². The molecule has 0 spiro atoms. The molecule has 13 heavy (non-hydrogen) atoms. The minimum absolute atomic E-state index is 0.725. The van der Waals surface area contributed by atoms with Crippen molar-refractivity contribution in [2.75, 3.05) is 0 Å². The van der Waals surface area contributed by atoms with Crippen molar-refractivity contribution in [1.82, 2.24) is 5.16 Å². The Morgan fingerprint density at radius 2 is 2.31 bits per heavy atom. The van der Waals surface area contributed by atoms with E-state index in [2.05, 4.69) is 37.0 Å². The Bertz CT molecular complexity index is 410. The molecule has 2 aromatic heterocycles. The number of halogens is 2. The molecule has 0 aliphatic carbocycles. The lowest BCUT2D eigenvalue weighted by Crippen LogP contribution is -1.70. The first-order chi connectivity index (χ1) is 6.29. The summed E-state index contributed by atoms with van der Waals surface area (Å²) >= 11 is 8.35. The molecule has 0 atom stereocenters. The second kappa shape index (κ2) is 3.94. The SMILES string of the molecule is BrCc1cc(-c2ccc(Br)s2)on1. The first kappa shape index (κ1) is 9.43. The van der Waals surface area contributed by atoms with Crippen LogP contribution in [0.4, 0.5) is 0 Å². The quantitative estimate of drug-likeness (QED) is 0.779. The lowest BCUT2D eigenvalue weighted by atomic mass is 10.3. The van der Waals surface area contributed by atoms with E-state index in [9.17, 15) is 0 Å². The van der Waals surface area contributed by atoms with Crippen LogP contribution in [0.2, 0.25) is 0 Å². The number of hydrogen-bond acceptors (Lipinski definition) is 3. The first-order valence-electron chi connectivity index (χ1n) is 3.57. The van der Waals surface area contributed by atoms with Gasteiger partial charge in [0.25, 0.3) is 0 Å². The summed E-state index contributed by atoms with van der Waals surface area (Å²) < 4.78 is 6.26. The minimum atomic E-state index is 0.725. The van der Waals surface area contributed by atoms with Gasteiger partial charge in [-0.3, -0.25) is 0 Å². The molecule has 2 heterocycles. The number of hydrogen-bond donors (Lipinski definition) is 0. The maximum atomic E-state index is 5.16. The Morgan fingerprint density at radius 3 is 2.85 bits per heavy atom. The molecule has 0 saturated heterocycles. The van der Waals surface area contributed by atoms with Crippen LogP contribution in [0.25, 0.3) is 10.6 Å². The first-order valence-corrected chi connectivity index (χ1v) is 6.30. The van der Waals surface area contributed by atoms with E-state index in [0.29, 0.717) is 0 Å². The third kappa shape index (κ3) is 2.03. The summed E-state index contributed by atoms with van der Waals surface area (Å²) in [5.74, 6) is 0.824. The van der Waals surface area contributed by atoms with E-state index in [1.165, 1.54) is 0 Å². The highest BCUT2D eigenvalue weighted by Crippen LogP contribution is 2.31. The molecule has 0 aromatic carbocycles. The van der Waals surface area contributed by atoms with Crippen molar-refractivity contribution in [3.63, 3.8) is 0 Å². The van der Waals surface area contributed by atoms with E-state index in [-0.39, 0.29) is 0 Å². The summed E-state index contributed by atoms with van der Waals surface area (Å²) in [7, 11) is 0. The molecule has 0 aliphatic heterocycles. The molecule has 2 aromatic rings. The molecule has 0 aliphatic rings. The second-order valence-corrected chi connectivity index (χ2v) is 5.44. The van der Waals surface area contributed by atoms with Crippen LogP contribution in [0, 0.1) is 0 Å². The Labute approximate surface area is 96.2 Å². The van der Waals surface area contributed by atoms with Crippen LogP contribution in [-0.2, 0) is 5.33 Å². The molecule has 5 heteroatoms. The van der Waals surface area contributed by atoms with Crippen LogP contribution >= 0.6 is 43.2 Å². The molecule has 68 valence electrons. The van der Waals surface area contributed by atoms with Crippen LogP contribution in [0.15, 0.2) is 26.5 Å². The number of aromatic nitrogens is 1. The highest BCUT2D eigenvalue weighted by molar-refractivity contribution is 9.11. The number of rotatable bonds is 2. The molecule has 0 N–H and O–H groups in total. The average molecular weight is 323 g/mol. The largest absolute Gasteiger partial charge is 0.355 e. The van der Waals surface area contributed by atoms with Crippen LogP contribution in [-0.4, -0.2) is 5.16 Å². The van der Waals surface area contributed by atoms with Gasteiger partial charge in [-0.2, -0.15) is 0 Å². The van der Waals surface area contributed by atoms with Crippen molar-refractivity contribution in [2.24, 2.45) is 0 Å². The van der Waals surface area contributed by atoms with Gasteiger partial charge < -0.3 is 4.52 Å². The maximum absolute atomic E-state index is 5.16. The molecule has 0 radical (unpaired) electrons. The fraction of sp³-hybridized carbons (Fsp3) is 0.125. The Morgan fingerprint density at radius 1 is 1.46 bits per heavy atom. The van der Waals surface area contributed by atoms with Gasteiger partial charge in [0, 0.05) is 11.4 Å². The highest BCUT2D eigenvalue weighted by atomic mass is 79.9. The summed E-state index contributed by atoms with van der Waals surface area (Å²) in [4.78, 5) is 1.09. The third-order valence-corrected chi connectivity index (χ3v) is 3.72. The molecule has 0 fully saturated rings. The average Bonchev–Trinajstić information content (AvgIpc) is 2.71. The normalized spacial score (nSPS) is 10.6. The summed E-state index contributed by atoms with van der Waals surface area (Å²) in [5.41, 5.74) is 0.916. The van der Waals surface area contributed by atoms with Gasteiger partial charge in [-0.1, -0.05) is 21.1 Å². The fourth-order valence-corrected chi connectivity index (χ4v) is 2.54. The second-order valence-electron chi connectivity index (χ2n) is 2.42. The predicted octanol–water partition coefficient (Wildman–Crippen LogP) is 4.06. The van der Waals surface area contributed by atoms with Crippen molar-refractivity contribution < 1.29 is 4.52 Å². The van der Waals surface area contributed by atoms with Gasteiger partial charge in [0.2, 0.25) is 0 Å². The smallest absolute Gasteiger partial charge is 0.177 e. The number of nitrogens with zero attached hydrogens (tertiary/aromatic N) is 1. The standard InChI is InChI=1S/C8H5Br2NOS/c9-4-5-3-6(12-11-5)7-1-2-8(10)13-7/h1-3H,4H2. The summed E-state index contributed by atoms with van der Waals surface area (Å²) in [5, 5.41) is 4.62. The molecule has 2 nitrogen and oxygen atoms in total. The Kier molecular flexibility index (Phi) is 2.86. The summed E-state index contributed by atoms with van der Waals surface area (Å²) in [6, 6.07) is 5.94. The Hall–Kier alpha value is -0.130. The Balaban J connectivity index is 2.35. The van der Waals surface area contributed by atoms with E-state index < -0.39 is 0 Å². The molecule has 0 unspecified atom stereocenters. The van der Waals surface area contributed by atoms with Crippen LogP contribution in [0.1, 0.15) is 5.69 Å². The van der Waals surface area contributed by atoms with E-state index in [1.54, 1.807) is 11.3 Å². The van der Waals surface area contributed by atoms with Gasteiger partial charge in [-0.25, -0.2) is 0 Å². The molecular weight excluding hydrogens is 318 g/mol. The fourth-order valence-electron chi connectivity index (χ4n) is 0.938. The van der Waals surface area contributed by atoms with Crippen LogP contribution in [0.3, 0.4) is 0 Å². The van der Waals surface area contributed by atoms with Crippen molar-refractivity contribution in [2.45, 2.75) is 5.33 Å². The van der Waals surface area contributed by atoms with E-state index in [4.69, 9.17) is 4.52 Å². The molecule has 0 bridgehead atoms. The minimum Gasteiger partial charge on any atom is -0.355 e. The van der Waals surface area contributed by atoms with Crippen molar-refractivity contribution in [3.05, 3.63) is 27.7 Å². The van der Waals surface area contributed by atoms with Gasteiger partial charge in [0.05, 0.1) is 14.4 Å². The predicted molar refractivity (Wildman–Crippen MR) is 60.1 cm³/mol. The zero-order valence-corrected chi connectivity index (χ0v) is 10.4. The van der Waals surface area contributed by atoms with Crippen LogP contribution < -0.4 is 0 Å². The summed E-state index contributed by atoms with van der Waals surface area (Å²) in [6.45, 7) is 0. The number of thiophene rings is 1. The van der Waals surface area contributed by atoms with Gasteiger partial charge >= 0.3 is 0 Å². The zero-order chi connectivity index (χ0) is 9.26. The zero-order valence-electron chi connectivity index (χ0n) is 6.46. The van der Waals surface area contributed by atoms with Crippen molar-refractivity contribution in [1.29, 1.82) is 0 Å². The molecule has 0 saturated carbocycles. The lowest BCUT2D eigenvalue weighted by molar-refractivity contribution is 0.427. The van der Waals surface area contributed by atoms with Gasteiger partial charge in [-0.05, 0) is 28.1 Å². The lowest BCUT2D eigenvalue weighted by Gasteiger charge is -1.83. The van der Waals surface area contributed by atoms with Gasteiger partial charge in [0.15, 0.2) is 5.76 Å². The van der Waals surface area contributed by atoms with Gasteiger partial charge in [0.1, 0.15) is 0 Å². The van der Waals surface area contributed by atoms with E-state index >= 15 is 0 Å². The molecule has 0 amide bonds. The maximum Gasteiger partial charge on any atom is 0.177 e. The van der Waals surface area contributed by atoms with Crippen LogP contribution in [0.5, 0.6) is 0 Å². The van der Waals surface area contributed by atoms with E-state index in [1.807, 2.05) is 18.2 Å². The van der Waals surface area contributed by atoms with Crippen molar-refractivity contribution >= 4 is 43.2 Å². The molecule has 2 rings (SSSR count). The highest BCUT2D eigenvalue weighted by Gasteiger charge is 2.07. The molecular formula is C8H5Br2NOS. The third-order valence-electron chi connectivity index (χ3n) is 1.51.